The largest absolute Gasteiger partial charge is 0.379 e. The SMILES string of the molecule is C=CCCCCOCCOCCCCC=C. The second-order valence-corrected chi connectivity index (χ2v) is 3.79. The van der Waals surface area contributed by atoms with Crippen molar-refractivity contribution in [2.24, 2.45) is 0 Å². The Labute approximate surface area is 100 Å². The molecule has 0 aromatic carbocycles. The van der Waals surface area contributed by atoms with Crippen molar-refractivity contribution < 1.29 is 9.47 Å². The van der Waals surface area contributed by atoms with Crippen LogP contribution in [0.25, 0.3) is 0 Å². The van der Waals surface area contributed by atoms with E-state index in [0.29, 0.717) is 0 Å². The Morgan fingerprint density at radius 2 is 1.06 bits per heavy atom. The van der Waals surface area contributed by atoms with Gasteiger partial charge in [-0.05, 0) is 38.5 Å². The molecule has 0 aliphatic rings. The third kappa shape index (κ3) is 13.4. The molecule has 0 atom stereocenters. The summed E-state index contributed by atoms with van der Waals surface area (Å²) < 4.78 is 10.9. The van der Waals surface area contributed by atoms with Crippen LogP contribution in [-0.2, 0) is 9.47 Å². The molecule has 0 N–H and O–H groups in total. The predicted octanol–water partition coefficient (Wildman–Crippen LogP) is 3.73. The first-order valence-corrected chi connectivity index (χ1v) is 6.29. The molecule has 0 fully saturated rings. The van der Waals surface area contributed by atoms with Gasteiger partial charge in [0, 0.05) is 13.2 Å². The summed E-state index contributed by atoms with van der Waals surface area (Å²) in [4.78, 5) is 0. The van der Waals surface area contributed by atoms with Gasteiger partial charge in [-0.1, -0.05) is 12.2 Å². The normalized spacial score (nSPS) is 10.2. The maximum absolute atomic E-state index is 5.43. The van der Waals surface area contributed by atoms with Gasteiger partial charge >= 0.3 is 0 Å². The highest BCUT2D eigenvalue weighted by Gasteiger charge is 1.91. The summed E-state index contributed by atoms with van der Waals surface area (Å²) >= 11 is 0. The summed E-state index contributed by atoms with van der Waals surface area (Å²) in [5.74, 6) is 0. The fourth-order valence-corrected chi connectivity index (χ4v) is 1.31. The lowest BCUT2D eigenvalue weighted by Gasteiger charge is -2.05. The van der Waals surface area contributed by atoms with Crippen LogP contribution in [0.15, 0.2) is 25.3 Å². The highest BCUT2D eigenvalue weighted by atomic mass is 16.5. The van der Waals surface area contributed by atoms with Gasteiger partial charge in [-0.2, -0.15) is 0 Å². The molecule has 0 aliphatic carbocycles. The number of allylic oxidation sites excluding steroid dienone is 2. The van der Waals surface area contributed by atoms with E-state index in [0.717, 1.165) is 52.1 Å². The smallest absolute Gasteiger partial charge is 0.0700 e. The Morgan fingerprint density at radius 3 is 1.44 bits per heavy atom. The van der Waals surface area contributed by atoms with Gasteiger partial charge in [0.25, 0.3) is 0 Å². The van der Waals surface area contributed by atoms with E-state index in [1.807, 2.05) is 12.2 Å². The van der Waals surface area contributed by atoms with Crippen molar-refractivity contribution in [3.63, 3.8) is 0 Å². The van der Waals surface area contributed by atoms with Gasteiger partial charge in [-0.15, -0.1) is 13.2 Å². The van der Waals surface area contributed by atoms with E-state index < -0.39 is 0 Å². The molecule has 0 unspecified atom stereocenters. The van der Waals surface area contributed by atoms with Crippen molar-refractivity contribution in [1.82, 2.24) is 0 Å². The highest BCUT2D eigenvalue weighted by Crippen LogP contribution is 1.97. The summed E-state index contributed by atoms with van der Waals surface area (Å²) in [5.41, 5.74) is 0. The first-order valence-electron chi connectivity index (χ1n) is 6.29. The second-order valence-electron chi connectivity index (χ2n) is 3.79. The van der Waals surface area contributed by atoms with E-state index >= 15 is 0 Å². The molecular formula is C14H26O2. The van der Waals surface area contributed by atoms with E-state index in [1.54, 1.807) is 0 Å². The zero-order valence-corrected chi connectivity index (χ0v) is 10.5. The van der Waals surface area contributed by atoms with Crippen molar-refractivity contribution in [2.75, 3.05) is 26.4 Å². The van der Waals surface area contributed by atoms with Crippen LogP contribution in [0.1, 0.15) is 38.5 Å². The second kappa shape index (κ2) is 14.4. The molecule has 2 nitrogen and oxygen atoms in total. The zero-order chi connectivity index (χ0) is 11.9. The maximum Gasteiger partial charge on any atom is 0.0700 e. The van der Waals surface area contributed by atoms with Crippen LogP contribution in [0.5, 0.6) is 0 Å². The summed E-state index contributed by atoms with van der Waals surface area (Å²) in [5, 5.41) is 0. The van der Waals surface area contributed by atoms with Crippen molar-refractivity contribution in [3.05, 3.63) is 25.3 Å². The summed E-state index contributed by atoms with van der Waals surface area (Å²) in [6.07, 6.45) is 10.7. The zero-order valence-electron chi connectivity index (χ0n) is 10.5. The molecule has 0 aliphatic heterocycles. The molecule has 0 radical (unpaired) electrons. The van der Waals surface area contributed by atoms with E-state index in [4.69, 9.17) is 9.47 Å². The minimum Gasteiger partial charge on any atom is -0.379 e. The topological polar surface area (TPSA) is 18.5 Å². The molecule has 16 heavy (non-hydrogen) atoms. The van der Waals surface area contributed by atoms with Gasteiger partial charge in [-0.25, -0.2) is 0 Å². The van der Waals surface area contributed by atoms with Crippen LogP contribution in [0.4, 0.5) is 0 Å². The molecular weight excluding hydrogens is 200 g/mol. The molecule has 94 valence electrons. The Kier molecular flexibility index (Phi) is 13.9. The van der Waals surface area contributed by atoms with Crippen LogP contribution in [0.3, 0.4) is 0 Å². The summed E-state index contributed by atoms with van der Waals surface area (Å²) in [6.45, 7) is 10.5. The summed E-state index contributed by atoms with van der Waals surface area (Å²) in [6, 6.07) is 0. The lowest BCUT2D eigenvalue weighted by atomic mass is 10.2. The van der Waals surface area contributed by atoms with E-state index in [1.165, 1.54) is 12.8 Å². The van der Waals surface area contributed by atoms with Gasteiger partial charge in [0.2, 0.25) is 0 Å². The molecule has 0 rings (SSSR count). The number of ether oxygens (including phenoxy) is 2. The van der Waals surface area contributed by atoms with Gasteiger partial charge in [0.05, 0.1) is 13.2 Å². The lowest BCUT2D eigenvalue weighted by molar-refractivity contribution is 0.0453. The molecule has 2 heteroatoms. The van der Waals surface area contributed by atoms with Crippen LogP contribution in [0.2, 0.25) is 0 Å². The van der Waals surface area contributed by atoms with E-state index in [9.17, 15) is 0 Å². The Hall–Kier alpha value is -0.600. The molecule has 0 aromatic heterocycles. The average Bonchev–Trinajstić information content (AvgIpc) is 2.31. The fraction of sp³-hybridized carbons (Fsp3) is 0.714. The molecule has 0 heterocycles. The van der Waals surface area contributed by atoms with Gasteiger partial charge < -0.3 is 9.47 Å². The van der Waals surface area contributed by atoms with Gasteiger partial charge in [-0.3, -0.25) is 0 Å². The molecule has 0 saturated carbocycles. The molecule has 0 aromatic rings. The quantitative estimate of drug-likeness (QED) is 0.352. The first kappa shape index (κ1) is 15.4. The predicted molar refractivity (Wildman–Crippen MR) is 69.7 cm³/mol. The van der Waals surface area contributed by atoms with Gasteiger partial charge in [0.1, 0.15) is 0 Å². The highest BCUT2D eigenvalue weighted by molar-refractivity contribution is 4.65. The monoisotopic (exact) mass is 226 g/mol. The standard InChI is InChI=1S/C14H26O2/c1-3-5-7-9-11-15-13-14-16-12-10-8-6-4-2/h3-4H,1-2,5-14H2. The molecule has 0 amide bonds. The van der Waals surface area contributed by atoms with Crippen molar-refractivity contribution >= 4 is 0 Å². The Balaban J connectivity index is 2.87. The third-order valence-electron chi connectivity index (χ3n) is 2.27. The molecule has 0 spiro atoms. The van der Waals surface area contributed by atoms with Crippen molar-refractivity contribution in [1.29, 1.82) is 0 Å². The van der Waals surface area contributed by atoms with Crippen LogP contribution >= 0.6 is 0 Å². The Bertz CT molecular complexity index is 137. The maximum atomic E-state index is 5.43. The summed E-state index contributed by atoms with van der Waals surface area (Å²) in [7, 11) is 0. The lowest BCUT2D eigenvalue weighted by Crippen LogP contribution is -2.06. The van der Waals surface area contributed by atoms with Crippen LogP contribution in [-0.4, -0.2) is 26.4 Å². The number of hydrogen-bond acceptors (Lipinski definition) is 2. The van der Waals surface area contributed by atoms with E-state index in [2.05, 4.69) is 13.2 Å². The number of hydrogen-bond donors (Lipinski definition) is 0. The van der Waals surface area contributed by atoms with Crippen molar-refractivity contribution in [2.45, 2.75) is 38.5 Å². The fourth-order valence-electron chi connectivity index (χ4n) is 1.31. The number of rotatable bonds is 13. The molecule has 0 saturated heterocycles. The average molecular weight is 226 g/mol. The van der Waals surface area contributed by atoms with Gasteiger partial charge in [0.15, 0.2) is 0 Å². The van der Waals surface area contributed by atoms with Crippen LogP contribution < -0.4 is 0 Å². The molecule has 0 bridgehead atoms. The minimum atomic E-state index is 0.718. The first-order chi connectivity index (χ1) is 7.91. The minimum absolute atomic E-state index is 0.718. The Morgan fingerprint density at radius 1 is 0.625 bits per heavy atom. The van der Waals surface area contributed by atoms with Crippen LogP contribution in [0, 0.1) is 0 Å². The number of unbranched alkanes of at least 4 members (excludes halogenated alkanes) is 4. The third-order valence-corrected chi connectivity index (χ3v) is 2.27. The van der Waals surface area contributed by atoms with Crippen molar-refractivity contribution in [3.8, 4) is 0 Å². The van der Waals surface area contributed by atoms with E-state index in [-0.39, 0.29) is 0 Å².